The van der Waals surface area contributed by atoms with Crippen LogP contribution in [-0.2, 0) is 0 Å². The quantitative estimate of drug-likeness (QED) is 0.776. The van der Waals surface area contributed by atoms with Crippen molar-refractivity contribution in [2.75, 3.05) is 0 Å². The molecule has 0 unspecified atom stereocenters. The van der Waals surface area contributed by atoms with Crippen LogP contribution in [0, 0.1) is 11.3 Å². The minimum Gasteiger partial charge on any atom is -0.292 e. The maximum atomic E-state index is 13.1. The first-order valence-corrected chi connectivity index (χ1v) is 6.46. The third-order valence-electron chi connectivity index (χ3n) is 2.22. The van der Waals surface area contributed by atoms with E-state index in [-0.39, 0.29) is 0 Å². The predicted molar refractivity (Wildman–Crippen MR) is 73.1 cm³/mol. The Bertz CT molecular complexity index is 584. The van der Waals surface area contributed by atoms with E-state index < -0.39 is 3.92 Å². The van der Waals surface area contributed by atoms with Crippen molar-refractivity contribution < 1.29 is 4.39 Å². The smallest absolute Gasteiger partial charge is 0.292 e. The van der Waals surface area contributed by atoms with Crippen LogP contribution in [0.1, 0.15) is 5.56 Å². The van der Waals surface area contributed by atoms with E-state index in [2.05, 4.69) is 6.07 Å². The first kappa shape index (κ1) is 13.3. The van der Waals surface area contributed by atoms with Crippen LogP contribution < -0.4 is 0 Å². The zero-order valence-electron chi connectivity index (χ0n) is 8.98. The number of hydrogen-bond donors (Lipinski definition) is 0. The minimum absolute atomic E-state index is 0.436. The lowest BCUT2D eigenvalue weighted by atomic mass is 10.1. The fourth-order valence-corrected chi connectivity index (χ4v) is 2.57. The fraction of sp³-hybridized carbons (Fsp3) is 0.0833. The monoisotopic (exact) mass is 300 g/mol. The third kappa shape index (κ3) is 3.20. The first-order valence-electron chi connectivity index (χ1n) is 4.93. The lowest BCUT2D eigenvalue weighted by Crippen LogP contribution is -1.99. The van der Waals surface area contributed by atoms with E-state index in [1.807, 2.05) is 30.3 Å². The molecule has 1 heterocycles. The van der Waals surface area contributed by atoms with Gasteiger partial charge in [-0.25, -0.2) is 0 Å². The van der Waals surface area contributed by atoms with Gasteiger partial charge in [0.1, 0.15) is 6.07 Å². The molecule has 0 N–H and O–H groups in total. The number of alkyl halides is 3. The van der Waals surface area contributed by atoms with E-state index >= 15 is 0 Å². The molecule has 0 aliphatic heterocycles. The number of benzene rings is 1. The van der Waals surface area contributed by atoms with Crippen LogP contribution >= 0.6 is 35.1 Å². The third-order valence-corrected chi connectivity index (χ3v) is 3.26. The van der Waals surface area contributed by atoms with Gasteiger partial charge >= 0.3 is 3.92 Å². The highest BCUT2D eigenvalue weighted by atomic mass is 35.5. The van der Waals surface area contributed by atoms with Crippen LogP contribution in [0.4, 0.5) is 4.39 Å². The molecule has 0 spiro atoms. The molecular formula is C12H7Cl2FN2S. The maximum Gasteiger partial charge on any atom is 0.323 e. The maximum absolute atomic E-state index is 13.1. The van der Waals surface area contributed by atoms with Gasteiger partial charge in [-0.05, 0) is 5.56 Å². The van der Waals surface area contributed by atoms with Crippen molar-refractivity contribution in [3.05, 3.63) is 48.3 Å². The zero-order valence-corrected chi connectivity index (χ0v) is 11.3. The van der Waals surface area contributed by atoms with Gasteiger partial charge in [-0.3, -0.25) is 3.97 Å². The van der Waals surface area contributed by atoms with Gasteiger partial charge in [-0.15, -0.1) is 0 Å². The van der Waals surface area contributed by atoms with Crippen molar-refractivity contribution in [3.8, 4) is 17.2 Å². The van der Waals surface area contributed by atoms with Crippen molar-refractivity contribution in [1.82, 2.24) is 3.97 Å². The largest absolute Gasteiger partial charge is 0.323 e. The molecule has 2 nitrogen and oxygen atoms in total. The number of nitriles is 1. The molecule has 1 aromatic carbocycles. The Balaban J connectivity index is 2.41. The van der Waals surface area contributed by atoms with Gasteiger partial charge in [0.15, 0.2) is 0 Å². The van der Waals surface area contributed by atoms with Gasteiger partial charge in [0, 0.05) is 29.9 Å². The molecule has 0 radical (unpaired) electrons. The second kappa shape index (κ2) is 5.23. The summed E-state index contributed by atoms with van der Waals surface area (Å²) < 4.78 is 12.1. The zero-order chi connectivity index (χ0) is 13.2. The Morgan fingerprint density at radius 3 is 2.44 bits per heavy atom. The Hall–Kier alpha value is -1.15. The molecule has 0 atom stereocenters. The summed E-state index contributed by atoms with van der Waals surface area (Å²) in [6.45, 7) is 0. The van der Waals surface area contributed by atoms with Crippen LogP contribution in [0.25, 0.3) is 11.1 Å². The van der Waals surface area contributed by atoms with Gasteiger partial charge in [0.25, 0.3) is 0 Å². The van der Waals surface area contributed by atoms with Crippen molar-refractivity contribution in [3.63, 3.8) is 0 Å². The Labute approximate surface area is 118 Å². The molecule has 0 fully saturated rings. The van der Waals surface area contributed by atoms with E-state index in [9.17, 15) is 4.39 Å². The highest BCUT2D eigenvalue weighted by Crippen LogP contribution is 2.38. The molecular weight excluding hydrogens is 294 g/mol. The Kier molecular flexibility index (Phi) is 3.86. The van der Waals surface area contributed by atoms with E-state index in [0.717, 1.165) is 5.56 Å². The number of hydrogen-bond acceptors (Lipinski definition) is 2. The molecule has 0 amide bonds. The van der Waals surface area contributed by atoms with Crippen LogP contribution in [-0.4, -0.2) is 7.89 Å². The summed E-state index contributed by atoms with van der Waals surface area (Å²) in [7, 11) is 0. The van der Waals surface area contributed by atoms with Crippen molar-refractivity contribution in [2.24, 2.45) is 0 Å². The summed E-state index contributed by atoms with van der Waals surface area (Å²) in [6.07, 6.45) is 3.11. The SMILES string of the molecule is N#Cc1cn(SC(F)(Cl)Cl)cc1-c1ccccc1. The van der Waals surface area contributed by atoms with Crippen molar-refractivity contribution >= 4 is 35.1 Å². The van der Waals surface area contributed by atoms with Crippen LogP contribution in [0.3, 0.4) is 0 Å². The molecule has 0 aliphatic carbocycles. The van der Waals surface area contributed by atoms with Gasteiger partial charge in [-0.2, -0.15) is 9.65 Å². The number of nitrogens with zero attached hydrogens (tertiary/aromatic N) is 2. The average molecular weight is 301 g/mol. The van der Waals surface area contributed by atoms with Gasteiger partial charge in [-0.1, -0.05) is 53.5 Å². The van der Waals surface area contributed by atoms with Crippen molar-refractivity contribution in [1.29, 1.82) is 5.26 Å². The second-order valence-corrected chi connectivity index (χ2v) is 6.31. The van der Waals surface area contributed by atoms with E-state index in [1.54, 1.807) is 6.20 Å². The average Bonchev–Trinajstić information content (AvgIpc) is 2.71. The van der Waals surface area contributed by atoms with Crippen LogP contribution in [0.5, 0.6) is 0 Å². The molecule has 0 saturated heterocycles. The van der Waals surface area contributed by atoms with Gasteiger partial charge < -0.3 is 0 Å². The van der Waals surface area contributed by atoms with E-state index in [4.69, 9.17) is 28.5 Å². The summed E-state index contributed by atoms with van der Waals surface area (Å²) in [5.74, 6) is 0. The topological polar surface area (TPSA) is 28.7 Å². The molecule has 0 bridgehead atoms. The van der Waals surface area contributed by atoms with E-state index in [1.165, 1.54) is 10.2 Å². The summed E-state index contributed by atoms with van der Waals surface area (Å²) in [5.41, 5.74) is 2.02. The first-order chi connectivity index (χ1) is 8.49. The van der Waals surface area contributed by atoms with Crippen LogP contribution in [0.15, 0.2) is 42.7 Å². The predicted octanol–water partition coefficient (Wildman–Crippen LogP) is 4.58. The van der Waals surface area contributed by atoms with E-state index in [0.29, 0.717) is 23.1 Å². The molecule has 0 aliphatic rings. The lowest BCUT2D eigenvalue weighted by molar-refractivity contribution is 0.514. The highest BCUT2D eigenvalue weighted by Gasteiger charge is 2.25. The van der Waals surface area contributed by atoms with Crippen molar-refractivity contribution in [2.45, 2.75) is 3.92 Å². The Morgan fingerprint density at radius 1 is 1.22 bits per heavy atom. The van der Waals surface area contributed by atoms with Gasteiger partial charge in [0.05, 0.1) is 5.56 Å². The molecule has 1 aromatic heterocycles. The molecule has 18 heavy (non-hydrogen) atoms. The fourth-order valence-electron chi connectivity index (χ4n) is 1.54. The second-order valence-electron chi connectivity index (χ2n) is 3.46. The molecule has 2 rings (SSSR count). The van der Waals surface area contributed by atoms with Crippen LogP contribution in [0.2, 0.25) is 0 Å². The van der Waals surface area contributed by atoms with Gasteiger partial charge in [0.2, 0.25) is 0 Å². The Morgan fingerprint density at radius 2 is 1.89 bits per heavy atom. The normalized spacial score (nSPS) is 11.2. The molecule has 0 saturated carbocycles. The number of rotatable bonds is 3. The summed E-state index contributed by atoms with van der Waals surface area (Å²) in [6, 6.07) is 11.4. The molecule has 92 valence electrons. The summed E-state index contributed by atoms with van der Waals surface area (Å²) in [4.78, 5) is 0. The summed E-state index contributed by atoms with van der Waals surface area (Å²) >= 11 is 11.1. The minimum atomic E-state index is -2.43. The standard InChI is InChI=1S/C12H7Cl2FN2S/c13-12(14,15)18-17-7-10(6-16)11(8-17)9-4-2-1-3-5-9/h1-5,7-8H. The number of aromatic nitrogens is 1. The summed E-state index contributed by atoms with van der Waals surface area (Å²) in [5, 5.41) is 9.06. The lowest BCUT2D eigenvalue weighted by Gasteiger charge is -2.07. The number of halogens is 3. The molecule has 2 aromatic rings. The molecule has 6 heteroatoms. The highest BCUT2D eigenvalue weighted by molar-refractivity contribution is 8.01.